The zero-order valence-electron chi connectivity index (χ0n) is 31.1. The van der Waals surface area contributed by atoms with E-state index < -0.39 is 28.8 Å². The minimum absolute atomic E-state index is 0.137. The molecule has 5 heterocycles. The summed E-state index contributed by atoms with van der Waals surface area (Å²) in [6.07, 6.45) is -1.11. The number of hydrogen-bond acceptors (Lipinski definition) is 14. The number of carbonyl (C=O) groups is 3. The summed E-state index contributed by atoms with van der Waals surface area (Å²) in [5, 5.41) is 17.6. The summed E-state index contributed by atoms with van der Waals surface area (Å²) < 4.78 is 18.3. The van der Waals surface area contributed by atoms with Crippen molar-refractivity contribution in [3.63, 3.8) is 0 Å². The van der Waals surface area contributed by atoms with Crippen molar-refractivity contribution in [2.24, 2.45) is 0 Å². The van der Waals surface area contributed by atoms with Crippen LogP contribution in [0.15, 0.2) is 16.6 Å². The number of anilines is 3. The number of carbonyl (C=O) groups excluding carboxylic acids is 3. The number of thiophene rings is 1. The summed E-state index contributed by atoms with van der Waals surface area (Å²) in [5.74, 6) is 1.05. The van der Waals surface area contributed by atoms with Crippen LogP contribution < -0.4 is 14.7 Å². The van der Waals surface area contributed by atoms with Crippen LogP contribution in [0, 0.1) is 11.3 Å². The second-order valence-corrected chi connectivity index (χ2v) is 17.2. The Kier molecular flexibility index (Phi) is 11.1. The van der Waals surface area contributed by atoms with Gasteiger partial charge in [-0.2, -0.15) is 15.3 Å². The van der Waals surface area contributed by atoms with Gasteiger partial charge < -0.3 is 28.4 Å². The first kappa shape index (κ1) is 39.1. The molecular formula is C34H44ClN9O6S2. The molecule has 15 nitrogen and oxygen atoms in total. The molecule has 0 N–H and O–H groups in total. The minimum atomic E-state index is -0.929. The van der Waals surface area contributed by atoms with Crippen molar-refractivity contribution in [2.45, 2.75) is 89.8 Å². The van der Waals surface area contributed by atoms with E-state index in [0.29, 0.717) is 60.1 Å². The number of imide groups is 1. The molecule has 3 aromatic heterocycles. The zero-order chi connectivity index (χ0) is 38.3. The monoisotopic (exact) mass is 773 g/mol. The number of ether oxygens (including phenoxy) is 2. The third-order valence-electron chi connectivity index (χ3n) is 8.19. The minimum Gasteiger partial charge on any atom is -0.443 e. The van der Waals surface area contributed by atoms with Crippen molar-refractivity contribution in [3.05, 3.63) is 39.0 Å². The van der Waals surface area contributed by atoms with Gasteiger partial charge in [-0.15, -0.1) is 11.3 Å². The number of hydrogen-bond donors (Lipinski definition) is 0. The van der Waals surface area contributed by atoms with E-state index in [1.165, 1.54) is 4.90 Å². The van der Waals surface area contributed by atoms with Crippen LogP contribution in [0.25, 0.3) is 0 Å². The normalized spacial score (nSPS) is 15.6. The second-order valence-electron chi connectivity index (χ2n) is 15.1. The molecule has 0 radical (unpaired) electrons. The Morgan fingerprint density at radius 1 is 1.02 bits per heavy atom. The van der Waals surface area contributed by atoms with Gasteiger partial charge in [-0.1, -0.05) is 18.5 Å². The number of nitriles is 1. The summed E-state index contributed by atoms with van der Waals surface area (Å²) in [6.45, 7) is 14.8. The molecule has 0 aliphatic carbocycles. The van der Waals surface area contributed by atoms with E-state index in [-0.39, 0.29) is 22.2 Å². The highest BCUT2D eigenvalue weighted by molar-refractivity contribution is 7.94. The molecule has 0 saturated carbocycles. The Morgan fingerprint density at radius 2 is 1.62 bits per heavy atom. The number of halogens is 1. The third-order valence-corrected chi connectivity index (χ3v) is 10.1. The lowest BCUT2D eigenvalue weighted by Gasteiger charge is -2.49. The lowest BCUT2D eigenvalue weighted by Crippen LogP contribution is -2.58. The molecular weight excluding hydrogens is 730 g/mol. The van der Waals surface area contributed by atoms with Crippen LogP contribution in [0.3, 0.4) is 0 Å². The fourth-order valence-electron chi connectivity index (χ4n) is 5.91. The Hall–Kier alpha value is -4.11. The predicted octanol–water partition coefficient (Wildman–Crippen LogP) is 6.48. The second kappa shape index (κ2) is 14.7. The number of aryl methyl sites for hydroxylation is 1. The fraction of sp³-hybridized carbons (Fsp3) is 0.559. The van der Waals surface area contributed by atoms with E-state index >= 15 is 0 Å². The SMILES string of the molecule is COSc1nc(N2CCCn3nc(C(=O)N(C)C)c(Cl)c3C2)cc(N2CC(C)(c3csc(N(C(=O)OC(C)(C)C)C(=O)OC(C)(C)C)c3C#N)C2)n1. The van der Waals surface area contributed by atoms with Crippen LogP contribution in [-0.4, -0.2) is 94.8 Å². The van der Waals surface area contributed by atoms with E-state index in [1.807, 2.05) is 18.4 Å². The van der Waals surface area contributed by atoms with Crippen LogP contribution in [0.2, 0.25) is 5.02 Å². The highest BCUT2D eigenvalue weighted by Crippen LogP contribution is 2.45. The van der Waals surface area contributed by atoms with Crippen LogP contribution in [0.5, 0.6) is 0 Å². The van der Waals surface area contributed by atoms with Crippen LogP contribution in [0.4, 0.5) is 26.2 Å². The number of rotatable bonds is 7. The predicted molar refractivity (Wildman–Crippen MR) is 199 cm³/mol. The maximum absolute atomic E-state index is 13.4. The number of amides is 3. The average Bonchev–Trinajstić information content (AvgIpc) is 3.49. The molecule has 1 saturated heterocycles. The van der Waals surface area contributed by atoms with Crippen molar-refractivity contribution in [1.82, 2.24) is 24.6 Å². The maximum atomic E-state index is 13.4. The van der Waals surface area contributed by atoms with Crippen molar-refractivity contribution >= 4 is 69.7 Å². The van der Waals surface area contributed by atoms with Crippen molar-refractivity contribution < 1.29 is 28.0 Å². The highest BCUT2D eigenvalue weighted by Gasteiger charge is 2.46. The first-order valence-electron chi connectivity index (χ1n) is 16.6. The zero-order valence-corrected chi connectivity index (χ0v) is 33.5. The molecule has 2 aliphatic rings. The number of fused-ring (bicyclic) bond motifs is 1. The molecule has 2 aliphatic heterocycles. The molecule has 52 heavy (non-hydrogen) atoms. The van der Waals surface area contributed by atoms with Gasteiger partial charge in [0.2, 0.25) is 5.16 Å². The van der Waals surface area contributed by atoms with Gasteiger partial charge in [-0.3, -0.25) is 9.48 Å². The average molecular weight is 774 g/mol. The molecule has 280 valence electrons. The standard InChI is InChI=1S/C34H44ClN9O6S2/c1-32(2,3)49-30(46)44(31(47)50-33(4,5)6)28-20(15-36)21(17-51-28)34(7)18-42(19-34)24-14-23(37-29(38-24)52-48-10)41-12-11-13-43-22(16-41)25(35)26(39-43)27(45)40(8)9/h14,17H,11-13,16,18-19H2,1-10H3. The van der Waals surface area contributed by atoms with Gasteiger partial charge >= 0.3 is 12.2 Å². The summed E-state index contributed by atoms with van der Waals surface area (Å²) in [6, 6.07) is 4.15. The van der Waals surface area contributed by atoms with E-state index in [2.05, 4.69) is 21.0 Å². The van der Waals surface area contributed by atoms with E-state index in [1.54, 1.807) is 67.4 Å². The molecule has 18 heteroatoms. The van der Waals surface area contributed by atoms with Gasteiger partial charge in [0, 0.05) is 51.8 Å². The van der Waals surface area contributed by atoms with E-state index in [4.69, 9.17) is 35.2 Å². The first-order chi connectivity index (χ1) is 24.2. The first-order valence-corrected chi connectivity index (χ1v) is 18.6. The van der Waals surface area contributed by atoms with Gasteiger partial charge in [-0.25, -0.2) is 19.6 Å². The van der Waals surface area contributed by atoms with Crippen LogP contribution in [0.1, 0.15) is 82.2 Å². The van der Waals surface area contributed by atoms with Crippen molar-refractivity contribution in [1.29, 1.82) is 5.26 Å². The molecule has 0 bridgehead atoms. The molecule has 0 atom stereocenters. The molecule has 1 fully saturated rings. The summed E-state index contributed by atoms with van der Waals surface area (Å²) in [7, 11) is 4.87. The Bertz CT molecular complexity index is 1880. The van der Waals surface area contributed by atoms with Gasteiger partial charge in [0.1, 0.15) is 33.9 Å². The van der Waals surface area contributed by atoms with Gasteiger partial charge in [0.05, 0.1) is 42.0 Å². The molecule has 0 aromatic carbocycles. The maximum Gasteiger partial charge on any atom is 0.425 e. The smallest absolute Gasteiger partial charge is 0.425 e. The van der Waals surface area contributed by atoms with Crippen LogP contribution >= 0.6 is 35.0 Å². The number of nitrogens with zero attached hydrogens (tertiary/aromatic N) is 9. The Morgan fingerprint density at radius 3 is 2.15 bits per heavy atom. The molecule has 5 rings (SSSR count). The number of aromatic nitrogens is 4. The molecule has 3 aromatic rings. The summed E-state index contributed by atoms with van der Waals surface area (Å²) in [5.41, 5.74) is -0.464. The topological polar surface area (TPSA) is 159 Å². The lowest BCUT2D eigenvalue weighted by molar-refractivity contribution is 0.0431. The van der Waals surface area contributed by atoms with Gasteiger partial charge in [0.15, 0.2) is 5.69 Å². The van der Waals surface area contributed by atoms with Gasteiger partial charge in [0.25, 0.3) is 5.91 Å². The third kappa shape index (κ3) is 8.25. The fourth-order valence-corrected chi connectivity index (χ4v) is 7.76. The molecule has 3 amide bonds. The molecule has 0 unspecified atom stereocenters. The quantitative estimate of drug-likeness (QED) is 0.190. The van der Waals surface area contributed by atoms with Gasteiger partial charge in [-0.05, 0) is 58.9 Å². The summed E-state index contributed by atoms with van der Waals surface area (Å²) >= 11 is 8.88. The van der Waals surface area contributed by atoms with Crippen molar-refractivity contribution in [3.8, 4) is 6.07 Å². The van der Waals surface area contributed by atoms with E-state index in [9.17, 15) is 19.6 Å². The molecule has 0 spiro atoms. The largest absolute Gasteiger partial charge is 0.443 e. The Balaban J connectivity index is 1.43. The van der Waals surface area contributed by atoms with Crippen LogP contribution in [-0.2, 0) is 32.2 Å². The summed E-state index contributed by atoms with van der Waals surface area (Å²) in [4.78, 5) is 55.5. The van der Waals surface area contributed by atoms with E-state index in [0.717, 1.165) is 40.4 Å². The highest BCUT2D eigenvalue weighted by atomic mass is 35.5. The Labute approximate surface area is 317 Å². The lowest BCUT2D eigenvalue weighted by atomic mass is 9.75. The van der Waals surface area contributed by atoms with Crippen molar-refractivity contribution in [2.75, 3.05) is 55.5 Å².